The molecule has 0 aliphatic rings. The number of benzene rings is 1. The molecule has 0 amide bonds. The minimum atomic E-state index is 0.490. The van der Waals surface area contributed by atoms with E-state index in [1.54, 1.807) is 34.9 Å². The first-order valence-corrected chi connectivity index (χ1v) is 10.7. The number of thioether (sulfide) groups is 1. The van der Waals surface area contributed by atoms with E-state index in [9.17, 15) is 0 Å². The van der Waals surface area contributed by atoms with Gasteiger partial charge in [-0.05, 0) is 45.9 Å². The lowest BCUT2D eigenvalue weighted by atomic mass is 10.2. The highest BCUT2D eigenvalue weighted by molar-refractivity contribution is 7.99. The number of rotatable bonds is 7. The Kier molecular flexibility index (Phi) is 6.63. The van der Waals surface area contributed by atoms with Crippen molar-refractivity contribution in [2.45, 2.75) is 44.8 Å². The normalized spacial score (nSPS) is 12.0. The van der Waals surface area contributed by atoms with E-state index in [-0.39, 0.29) is 0 Å². The van der Waals surface area contributed by atoms with Crippen molar-refractivity contribution in [2.75, 3.05) is 12.3 Å². The highest BCUT2D eigenvalue weighted by Gasteiger charge is 2.15. The summed E-state index contributed by atoms with van der Waals surface area (Å²) in [7, 11) is 0. The van der Waals surface area contributed by atoms with Crippen molar-refractivity contribution >= 4 is 46.0 Å². The van der Waals surface area contributed by atoms with Gasteiger partial charge in [0.25, 0.3) is 0 Å². The van der Waals surface area contributed by atoms with Crippen LogP contribution in [0.25, 0.3) is 16.7 Å². The van der Waals surface area contributed by atoms with Crippen LogP contribution in [-0.2, 0) is 0 Å². The van der Waals surface area contributed by atoms with Crippen molar-refractivity contribution in [3.8, 4) is 5.69 Å². The quantitative estimate of drug-likeness (QED) is 0.379. The average molecular weight is 424 g/mol. The van der Waals surface area contributed by atoms with Gasteiger partial charge in [-0.15, -0.1) is 11.8 Å². The van der Waals surface area contributed by atoms with Crippen LogP contribution in [0.3, 0.4) is 0 Å². The molecule has 3 rings (SSSR count). The first-order valence-electron chi connectivity index (χ1n) is 8.91. The van der Waals surface area contributed by atoms with Crippen molar-refractivity contribution in [2.24, 2.45) is 0 Å². The van der Waals surface area contributed by atoms with E-state index in [4.69, 9.17) is 23.2 Å². The zero-order valence-electron chi connectivity index (χ0n) is 15.9. The molecule has 0 aliphatic carbocycles. The predicted molar refractivity (Wildman–Crippen MR) is 114 cm³/mol. The van der Waals surface area contributed by atoms with Crippen LogP contribution in [0.15, 0.2) is 35.7 Å². The number of hydrogen-bond donors (Lipinski definition) is 0. The lowest BCUT2D eigenvalue weighted by Crippen LogP contribution is -2.38. The molecule has 5 nitrogen and oxygen atoms in total. The van der Waals surface area contributed by atoms with Gasteiger partial charge in [0.1, 0.15) is 11.4 Å². The summed E-state index contributed by atoms with van der Waals surface area (Å²) in [4.78, 5) is 11.4. The Balaban J connectivity index is 1.82. The molecule has 0 N–H and O–H groups in total. The van der Waals surface area contributed by atoms with E-state index in [0.29, 0.717) is 22.1 Å². The lowest BCUT2D eigenvalue weighted by molar-refractivity contribution is 0.187. The average Bonchev–Trinajstić information content (AvgIpc) is 3.05. The van der Waals surface area contributed by atoms with Crippen molar-refractivity contribution in [3.05, 3.63) is 40.8 Å². The molecule has 2 aromatic heterocycles. The van der Waals surface area contributed by atoms with Crippen LogP contribution in [-0.4, -0.2) is 49.0 Å². The van der Waals surface area contributed by atoms with Crippen molar-refractivity contribution in [3.63, 3.8) is 0 Å². The first-order chi connectivity index (χ1) is 12.9. The molecule has 27 heavy (non-hydrogen) atoms. The second-order valence-corrected chi connectivity index (χ2v) is 8.74. The summed E-state index contributed by atoms with van der Waals surface area (Å²) in [5, 5.41) is 7.37. The maximum Gasteiger partial charge on any atom is 0.167 e. The van der Waals surface area contributed by atoms with Crippen LogP contribution in [0, 0.1) is 0 Å². The molecule has 0 spiro atoms. The van der Waals surface area contributed by atoms with Crippen LogP contribution in [0.5, 0.6) is 0 Å². The summed E-state index contributed by atoms with van der Waals surface area (Å²) in [6.07, 6.45) is 3.39. The van der Waals surface area contributed by atoms with E-state index in [0.717, 1.165) is 34.0 Å². The molecule has 0 radical (unpaired) electrons. The summed E-state index contributed by atoms with van der Waals surface area (Å²) in [6, 6.07) is 6.46. The molecule has 144 valence electrons. The fourth-order valence-electron chi connectivity index (χ4n) is 3.10. The predicted octanol–water partition coefficient (Wildman–Crippen LogP) is 5.33. The summed E-state index contributed by atoms with van der Waals surface area (Å²) >= 11 is 13.9. The van der Waals surface area contributed by atoms with Crippen LogP contribution in [0.2, 0.25) is 10.0 Å². The van der Waals surface area contributed by atoms with E-state index in [2.05, 4.69) is 47.7 Å². The van der Waals surface area contributed by atoms with E-state index >= 15 is 0 Å². The van der Waals surface area contributed by atoms with Crippen molar-refractivity contribution < 1.29 is 0 Å². The topological polar surface area (TPSA) is 46.8 Å². The third kappa shape index (κ3) is 4.57. The number of hydrogen-bond acceptors (Lipinski definition) is 5. The van der Waals surface area contributed by atoms with Gasteiger partial charge < -0.3 is 0 Å². The van der Waals surface area contributed by atoms with Gasteiger partial charge in [-0.2, -0.15) is 5.10 Å². The zero-order valence-corrected chi connectivity index (χ0v) is 18.2. The highest BCUT2D eigenvalue weighted by atomic mass is 35.5. The van der Waals surface area contributed by atoms with E-state index in [1.807, 2.05) is 12.3 Å². The molecule has 0 unspecified atom stereocenters. The molecule has 0 fully saturated rings. The van der Waals surface area contributed by atoms with Crippen LogP contribution >= 0.6 is 35.0 Å². The monoisotopic (exact) mass is 423 g/mol. The molecule has 1 aromatic carbocycles. The SMILES string of the molecule is CC(C)N(CCSc1ncnc2c1cnn2-c1ccc(Cl)c(Cl)c1)C(C)C. The zero-order chi connectivity index (χ0) is 19.6. The minimum absolute atomic E-state index is 0.490. The molecule has 3 aromatic rings. The van der Waals surface area contributed by atoms with Gasteiger partial charge in [0.05, 0.1) is 27.3 Å². The smallest absolute Gasteiger partial charge is 0.167 e. The summed E-state index contributed by atoms with van der Waals surface area (Å²) in [6.45, 7) is 9.93. The number of halogens is 2. The second kappa shape index (κ2) is 8.78. The fourth-order valence-corrected chi connectivity index (χ4v) is 4.31. The highest BCUT2D eigenvalue weighted by Crippen LogP contribution is 2.28. The van der Waals surface area contributed by atoms with Crippen LogP contribution in [0.1, 0.15) is 27.7 Å². The Bertz CT molecular complexity index is 918. The fraction of sp³-hybridized carbons (Fsp3) is 0.421. The summed E-state index contributed by atoms with van der Waals surface area (Å²) < 4.78 is 1.76. The molecule has 0 bridgehead atoms. The minimum Gasteiger partial charge on any atom is -0.298 e. The number of fused-ring (bicyclic) bond motifs is 1. The van der Waals surface area contributed by atoms with Crippen molar-refractivity contribution in [1.82, 2.24) is 24.6 Å². The van der Waals surface area contributed by atoms with E-state index in [1.165, 1.54) is 0 Å². The first kappa shape index (κ1) is 20.4. The van der Waals surface area contributed by atoms with Crippen molar-refractivity contribution in [1.29, 1.82) is 0 Å². The largest absolute Gasteiger partial charge is 0.298 e. The molecular weight excluding hydrogens is 401 g/mol. The van der Waals surface area contributed by atoms with Gasteiger partial charge in [0.15, 0.2) is 5.65 Å². The third-order valence-electron chi connectivity index (χ3n) is 4.39. The van der Waals surface area contributed by atoms with Gasteiger partial charge in [-0.1, -0.05) is 23.2 Å². The molecular formula is C19H23Cl2N5S. The van der Waals surface area contributed by atoms with Crippen LogP contribution < -0.4 is 0 Å². The van der Waals surface area contributed by atoms with Crippen LogP contribution in [0.4, 0.5) is 0 Å². The van der Waals surface area contributed by atoms with E-state index < -0.39 is 0 Å². The van der Waals surface area contributed by atoms with Gasteiger partial charge in [0.2, 0.25) is 0 Å². The Morgan fingerprint density at radius 3 is 2.48 bits per heavy atom. The summed E-state index contributed by atoms with van der Waals surface area (Å²) in [5.74, 6) is 0.959. The Morgan fingerprint density at radius 1 is 1.07 bits per heavy atom. The maximum atomic E-state index is 6.15. The number of nitrogens with zero attached hydrogens (tertiary/aromatic N) is 5. The van der Waals surface area contributed by atoms with Gasteiger partial charge in [0, 0.05) is 24.4 Å². The molecule has 2 heterocycles. The van der Waals surface area contributed by atoms with Gasteiger partial charge >= 0.3 is 0 Å². The lowest BCUT2D eigenvalue weighted by Gasteiger charge is -2.30. The summed E-state index contributed by atoms with van der Waals surface area (Å²) in [5.41, 5.74) is 1.58. The van der Waals surface area contributed by atoms with Gasteiger partial charge in [-0.25, -0.2) is 14.6 Å². The third-order valence-corrected chi connectivity index (χ3v) is 6.12. The molecule has 0 saturated carbocycles. The standard InChI is InChI=1S/C19H23Cl2N5S/c1-12(2)25(13(3)4)7-8-27-19-15-10-24-26(18(15)22-11-23-19)14-5-6-16(20)17(21)9-14/h5-6,9-13H,7-8H2,1-4H3. The molecule has 0 atom stereocenters. The van der Waals surface area contributed by atoms with Gasteiger partial charge in [-0.3, -0.25) is 4.90 Å². The Labute approximate surface area is 174 Å². The number of aromatic nitrogens is 4. The maximum absolute atomic E-state index is 6.15. The molecule has 8 heteroatoms. The molecule has 0 aliphatic heterocycles. The molecule has 0 saturated heterocycles. The Hall–Kier alpha value is -1.34. The Morgan fingerprint density at radius 2 is 1.81 bits per heavy atom. The second-order valence-electron chi connectivity index (χ2n) is 6.84.